The van der Waals surface area contributed by atoms with Crippen LogP contribution in [0.1, 0.15) is 0 Å². The average Bonchev–Trinajstić information content (AvgIpc) is 2.38. The molecule has 0 saturated carbocycles. The van der Waals surface area contributed by atoms with Crippen molar-refractivity contribution in [3.8, 4) is 0 Å². The number of anilines is 2. The number of nitrogens with one attached hydrogen (secondary N) is 1. The Labute approximate surface area is 92.6 Å². The van der Waals surface area contributed by atoms with Gasteiger partial charge in [-0.05, 0) is 0 Å². The summed E-state index contributed by atoms with van der Waals surface area (Å²) in [6.07, 6.45) is 0. The lowest BCUT2D eigenvalue weighted by atomic mass is 10.4. The molecule has 0 spiro atoms. The molecule has 1 aliphatic rings. The third-order valence-corrected chi connectivity index (χ3v) is 2.16. The molecule has 8 heteroatoms. The summed E-state index contributed by atoms with van der Waals surface area (Å²) < 4.78 is 5.22. The highest BCUT2D eigenvalue weighted by Crippen LogP contribution is 2.06. The summed E-state index contributed by atoms with van der Waals surface area (Å²) in [5.41, 5.74) is 0. The van der Waals surface area contributed by atoms with Crippen LogP contribution in [-0.4, -0.2) is 65.0 Å². The van der Waals surface area contributed by atoms with Crippen molar-refractivity contribution in [3.63, 3.8) is 0 Å². The minimum absolute atomic E-state index is 0.0224. The summed E-state index contributed by atoms with van der Waals surface area (Å²) in [7, 11) is 0. The van der Waals surface area contributed by atoms with E-state index in [9.17, 15) is 0 Å². The first-order chi connectivity index (χ1) is 7.90. The van der Waals surface area contributed by atoms with Gasteiger partial charge in [-0.25, -0.2) is 0 Å². The maximum atomic E-state index is 8.61. The van der Waals surface area contributed by atoms with Crippen molar-refractivity contribution in [2.45, 2.75) is 0 Å². The number of hydrogen-bond donors (Lipinski definition) is 2. The summed E-state index contributed by atoms with van der Waals surface area (Å²) in [6, 6.07) is 0. The monoisotopic (exact) mass is 226 g/mol. The van der Waals surface area contributed by atoms with Crippen LogP contribution >= 0.6 is 0 Å². The summed E-state index contributed by atoms with van der Waals surface area (Å²) in [4.78, 5) is 1.97. The van der Waals surface area contributed by atoms with Crippen molar-refractivity contribution in [2.75, 3.05) is 49.7 Å². The lowest BCUT2D eigenvalue weighted by Gasteiger charge is -2.25. The van der Waals surface area contributed by atoms with Gasteiger partial charge in [-0.1, -0.05) is 0 Å². The molecule has 0 radical (unpaired) electrons. The Balaban J connectivity index is 1.95. The number of aliphatic hydroxyl groups is 1. The number of aromatic nitrogens is 4. The van der Waals surface area contributed by atoms with Crippen LogP contribution in [0.4, 0.5) is 11.9 Å². The Morgan fingerprint density at radius 3 is 2.50 bits per heavy atom. The topological polar surface area (TPSA) is 96.3 Å². The fraction of sp³-hybridized carbons (Fsp3) is 0.750. The van der Waals surface area contributed by atoms with Gasteiger partial charge in [0.05, 0.1) is 19.8 Å². The zero-order chi connectivity index (χ0) is 11.2. The zero-order valence-electron chi connectivity index (χ0n) is 8.83. The van der Waals surface area contributed by atoms with Crippen molar-refractivity contribution in [1.82, 2.24) is 20.4 Å². The van der Waals surface area contributed by atoms with Crippen LogP contribution in [0.15, 0.2) is 0 Å². The number of ether oxygens (including phenoxy) is 1. The van der Waals surface area contributed by atoms with Crippen molar-refractivity contribution in [1.29, 1.82) is 0 Å². The molecule has 2 heterocycles. The molecule has 0 bridgehead atoms. The van der Waals surface area contributed by atoms with Crippen LogP contribution < -0.4 is 10.2 Å². The minimum atomic E-state index is 0.0224. The molecule has 8 nitrogen and oxygen atoms in total. The first-order valence-electron chi connectivity index (χ1n) is 5.15. The molecule has 1 aromatic heterocycles. The molecule has 1 aliphatic heterocycles. The van der Waals surface area contributed by atoms with Crippen LogP contribution in [-0.2, 0) is 4.74 Å². The van der Waals surface area contributed by atoms with Crippen molar-refractivity contribution in [2.24, 2.45) is 0 Å². The minimum Gasteiger partial charge on any atom is -0.395 e. The van der Waals surface area contributed by atoms with Gasteiger partial charge in [0.1, 0.15) is 0 Å². The lowest BCUT2D eigenvalue weighted by Crippen LogP contribution is -2.37. The Kier molecular flexibility index (Phi) is 3.78. The van der Waals surface area contributed by atoms with E-state index >= 15 is 0 Å². The van der Waals surface area contributed by atoms with Crippen molar-refractivity contribution >= 4 is 11.9 Å². The van der Waals surface area contributed by atoms with Gasteiger partial charge in [-0.2, -0.15) is 0 Å². The standard InChI is InChI=1S/C8H14N6O2/c15-4-1-9-7-10-12-8(13-11-7)14-2-5-16-6-3-14/h15H,1-6H2,(H,9,10,11). The van der Waals surface area contributed by atoms with Gasteiger partial charge >= 0.3 is 0 Å². The smallest absolute Gasteiger partial charge is 0.265 e. The summed E-state index contributed by atoms with van der Waals surface area (Å²) in [5, 5.41) is 27.0. The Bertz CT molecular complexity index is 313. The van der Waals surface area contributed by atoms with E-state index < -0.39 is 0 Å². The molecule has 2 rings (SSSR count). The third kappa shape index (κ3) is 2.74. The SMILES string of the molecule is OCCNc1nnc(N2CCOCC2)nn1. The van der Waals surface area contributed by atoms with Crippen molar-refractivity contribution < 1.29 is 9.84 Å². The molecular formula is C8H14N6O2. The second-order valence-corrected chi connectivity index (χ2v) is 3.27. The Morgan fingerprint density at radius 2 is 1.88 bits per heavy atom. The maximum Gasteiger partial charge on any atom is 0.265 e. The zero-order valence-corrected chi connectivity index (χ0v) is 8.83. The molecular weight excluding hydrogens is 212 g/mol. The quantitative estimate of drug-likeness (QED) is 0.641. The second kappa shape index (κ2) is 5.52. The highest BCUT2D eigenvalue weighted by molar-refractivity contribution is 5.29. The first-order valence-corrected chi connectivity index (χ1v) is 5.15. The van der Waals surface area contributed by atoms with Gasteiger partial charge in [0, 0.05) is 19.6 Å². The van der Waals surface area contributed by atoms with Crippen LogP contribution in [0.2, 0.25) is 0 Å². The molecule has 0 atom stereocenters. The summed E-state index contributed by atoms with van der Waals surface area (Å²) >= 11 is 0. The van der Waals surface area contributed by atoms with E-state index in [1.54, 1.807) is 0 Å². The van der Waals surface area contributed by atoms with Crippen LogP contribution in [0.5, 0.6) is 0 Å². The summed E-state index contributed by atoms with van der Waals surface area (Å²) in [5.74, 6) is 0.837. The van der Waals surface area contributed by atoms with E-state index in [1.165, 1.54) is 0 Å². The maximum absolute atomic E-state index is 8.61. The molecule has 1 saturated heterocycles. The molecule has 0 amide bonds. The van der Waals surface area contributed by atoms with Gasteiger partial charge in [-0.15, -0.1) is 20.4 Å². The van der Waals surface area contributed by atoms with E-state index in [0.717, 1.165) is 13.1 Å². The van der Waals surface area contributed by atoms with E-state index in [1.807, 2.05) is 4.90 Å². The normalized spacial score (nSPS) is 16.2. The number of nitrogens with zero attached hydrogens (tertiary/aromatic N) is 5. The molecule has 0 aliphatic carbocycles. The highest BCUT2D eigenvalue weighted by Gasteiger charge is 2.14. The van der Waals surface area contributed by atoms with Crippen LogP contribution in [0, 0.1) is 0 Å². The molecule has 88 valence electrons. The molecule has 0 unspecified atom stereocenters. The predicted molar refractivity (Wildman–Crippen MR) is 56.2 cm³/mol. The van der Waals surface area contributed by atoms with Gasteiger partial charge in [0.25, 0.3) is 11.9 Å². The summed E-state index contributed by atoms with van der Waals surface area (Å²) in [6.45, 7) is 3.27. The van der Waals surface area contributed by atoms with Crippen molar-refractivity contribution in [3.05, 3.63) is 0 Å². The highest BCUT2D eigenvalue weighted by atomic mass is 16.5. The van der Waals surface area contributed by atoms with E-state index in [2.05, 4.69) is 25.7 Å². The number of rotatable bonds is 4. The van der Waals surface area contributed by atoms with Gasteiger partial charge < -0.3 is 20.1 Å². The van der Waals surface area contributed by atoms with Crippen LogP contribution in [0.3, 0.4) is 0 Å². The van der Waals surface area contributed by atoms with Gasteiger partial charge in [0.2, 0.25) is 0 Å². The fourth-order valence-corrected chi connectivity index (χ4v) is 1.35. The predicted octanol–water partition coefficient (Wildman–Crippen LogP) is -1.49. The number of hydrogen-bond acceptors (Lipinski definition) is 8. The molecule has 0 aromatic carbocycles. The van der Waals surface area contributed by atoms with Gasteiger partial charge in [0.15, 0.2) is 0 Å². The third-order valence-electron chi connectivity index (χ3n) is 2.16. The lowest BCUT2D eigenvalue weighted by molar-refractivity contribution is 0.122. The van der Waals surface area contributed by atoms with E-state index in [-0.39, 0.29) is 6.61 Å². The first kappa shape index (κ1) is 11.0. The second-order valence-electron chi connectivity index (χ2n) is 3.27. The molecule has 16 heavy (non-hydrogen) atoms. The fourth-order valence-electron chi connectivity index (χ4n) is 1.35. The molecule has 1 aromatic rings. The largest absolute Gasteiger partial charge is 0.395 e. The Hall–Kier alpha value is -1.54. The van der Waals surface area contributed by atoms with Gasteiger partial charge in [-0.3, -0.25) is 0 Å². The van der Waals surface area contributed by atoms with Crippen LogP contribution in [0.25, 0.3) is 0 Å². The number of morpholine rings is 1. The van der Waals surface area contributed by atoms with E-state index in [0.29, 0.717) is 31.7 Å². The molecule has 2 N–H and O–H groups in total. The molecule has 1 fully saturated rings. The average molecular weight is 226 g/mol. The van der Waals surface area contributed by atoms with E-state index in [4.69, 9.17) is 9.84 Å². The number of aliphatic hydroxyl groups excluding tert-OH is 1. The Morgan fingerprint density at radius 1 is 1.19 bits per heavy atom.